The molecule has 0 amide bonds. The van der Waals surface area contributed by atoms with Crippen LogP contribution >= 0.6 is 0 Å². The number of benzene rings is 1. The lowest BCUT2D eigenvalue weighted by Crippen LogP contribution is -2.20. The molecule has 1 aromatic carbocycles. The maximum atomic E-state index is 13.0. The minimum atomic E-state index is -4.83. The first-order valence-corrected chi connectivity index (χ1v) is 9.81. The molecule has 0 saturated carbocycles. The summed E-state index contributed by atoms with van der Waals surface area (Å²) in [6, 6.07) is 2.40. The quantitative estimate of drug-likeness (QED) is 0.582. The van der Waals surface area contributed by atoms with Gasteiger partial charge in [-0.05, 0) is 37.5 Å². The van der Waals surface area contributed by atoms with E-state index >= 15 is 0 Å². The zero-order valence-corrected chi connectivity index (χ0v) is 18.4. The second-order valence-corrected chi connectivity index (χ2v) is 6.92. The summed E-state index contributed by atoms with van der Waals surface area (Å²) < 4.78 is 55.1. The fraction of sp³-hybridized carbons (Fsp3) is 0.524. The zero-order valence-electron chi connectivity index (χ0n) is 18.4. The number of aliphatic hydroxyl groups is 1. The van der Waals surface area contributed by atoms with Crippen LogP contribution in [0.2, 0.25) is 0 Å². The van der Waals surface area contributed by atoms with Crippen LogP contribution in [0.5, 0.6) is 17.4 Å². The number of ether oxygens (including phenoxy) is 3. The van der Waals surface area contributed by atoms with Crippen molar-refractivity contribution < 1.29 is 32.5 Å². The van der Waals surface area contributed by atoms with Crippen LogP contribution in [0.15, 0.2) is 12.1 Å². The SMILES string of the molecule is CCC(CC)Nc1nc(C)c(-c2c(OC)cc(C(O)C(F)(F)F)cc2OC)nc1OC. The largest absolute Gasteiger partial charge is 0.496 e. The lowest BCUT2D eigenvalue weighted by atomic mass is 10.0. The molecule has 2 aromatic rings. The molecule has 0 fully saturated rings. The number of rotatable bonds is 9. The Morgan fingerprint density at radius 3 is 1.97 bits per heavy atom. The molecular weight excluding hydrogens is 415 g/mol. The summed E-state index contributed by atoms with van der Waals surface area (Å²) in [7, 11) is 4.08. The third kappa shape index (κ3) is 5.30. The van der Waals surface area contributed by atoms with Crippen molar-refractivity contribution in [3.05, 3.63) is 23.4 Å². The number of hydrogen-bond acceptors (Lipinski definition) is 7. The highest BCUT2D eigenvalue weighted by atomic mass is 19.4. The average molecular weight is 443 g/mol. The predicted molar refractivity (Wildman–Crippen MR) is 111 cm³/mol. The average Bonchev–Trinajstić information content (AvgIpc) is 2.75. The third-order valence-corrected chi connectivity index (χ3v) is 4.95. The van der Waals surface area contributed by atoms with E-state index in [0.29, 0.717) is 22.8 Å². The summed E-state index contributed by atoms with van der Waals surface area (Å²) in [5.41, 5.74) is 0.721. The van der Waals surface area contributed by atoms with Gasteiger partial charge in [-0.15, -0.1) is 0 Å². The smallest absolute Gasteiger partial charge is 0.418 e. The summed E-state index contributed by atoms with van der Waals surface area (Å²) >= 11 is 0. The molecule has 0 radical (unpaired) electrons. The first-order valence-electron chi connectivity index (χ1n) is 9.81. The molecule has 2 rings (SSSR count). The van der Waals surface area contributed by atoms with Gasteiger partial charge in [-0.1, -0.05) is 13.8 Å². The molecule has 0 spiro atoms. The van der Waals surface area contributed by atoms with Gasteiger partial charge >= 0.3 is 6.18 Å². The van der Waals surface area contributed by atoms with Gasteiger partial charge in [0.15, 0.2) is 11.9 Å². The number of aliphatic hydroxyl groups excluding tert-OH is 1. The van der Waals surface area contributed by atoms with Crippen molar-refractivity contribution in [1.29, 1.82) is 0 Å². The van der Waals surface area contributed by atoms with E-state index in [0.717, 1.165) is 25.0 Å². The molecule has 1 atom stereocenters. The number of nitrogens with one attached hydrogen (secondary N) is 1. The van der Waals surface area contributed by atoms with E-state index in [1.54, 1.807) is 6.92 Å². The Morgan fingerprint density at radius 1 is 1.00 bits per heavy atom. The van der Waals surface area contributed by atoms with E-state index in [-0.39, 0.29) is 23.4 Å². The van der Waals surface area contributed by atoms with Crippen LogP contribution in [0, 0.1) is 6.92 Å². The Labute approximate surface area is 179 Å². The van der Waals surface area contributed by atoms with Crippen molar-refractivity contribution in [2.24, 2.45) is 0 Å². The van der Waals surface area contributed by atoms with Crippen molar-refractivity contribution in [2.45, 2.75) is 51.9 Å². The molecule has 0 aliphatic rings. The van der Waals surface area contributed by atoms with Gasteiger partial charge in [-0.2, -0.15) is 13.2 Å². The van der Waals surface area contributed by atoms with E-state index in [2.05, 4.69) is 29.1 Å². The highest BCUT2D eigenvalue weighted by Crippen LogP contribution is 2.44. The molecule has 0 saturated heterocycles. The van der Waals surface area contributed by atoms with Crippen molar-refractivity contribution >= 4 is 5.82 Å². The molecule has 31 heavy (non-hydrogen) atoms. The predicted octanol–water partition coefficient (Wildman–Crippen LogP) is 4.67. The Balaban J connectivity index is 2.66. The maximum absolute atomic E-state index is 13.0. The Kier molecular flexibility index (Phi) is 7.94. The highest BCUT2D eigenvalue weighted by Gasteiger charge is 2.40. The van der Waals surface area contributed by atoms with Crippen molar-refractivity contribution in [3.63, 3.8) is 0 Å². The molecule has 0 aliphatic heterocycles. The van der Waals surface area contributed by atoms with Crippen LogP contribution in [0.25, 0.3) is 11.3 Å². The Morgan fingerprint density at radius 2 is 1.55 bits per heavy atom. The van der Waals surface area contributed by atoms with Gasteiger partial charge in [0, 0.05) is 6.04 Å². The standard InChI is InChI=1S/C21H28F3N3O4/c1-7-13(8-2)26-19-20(31-6)27-17(11(3)25-19)16-14(29-4)9-12(10-15(16)30-5)18(28)21(22,23)24/h9-10,13,18,28H,7-8H2,1-6H3,(H,25,26). The molecule has 10 heteroatoms. The van der Waals surface area contributed by atoms with Crippen LogP contribution in [0.4, 0.5) is 19.0 Å². The molecular formula is C21H28F3N3O4. The number of hydrogen-bond donors (Lipinski definition) is 2. The van der Waals surface area contributed by atoms with Gasteiger partial charge in [0.05, 0.1) is 32.6 Å². The first kappa shape index (κ1) is 24.5. The van der Waals surface area contributed by atoms with Gasteiger partial charge in [-0.25, -0.2) is 9.97 Å². The van der Waals surface area contributed by atoms with Crippen LogP contribution < -0.4 is 19.5 Å². The Bertz CT molecular complexity index is 877. The third-order valence-electron chi connectivity index (χ3n) is 4.95. The molecule has 172 valence electrons. The lowest BCUT2D eigenvalue weighted by molar-refractivity contribution is -0.206. The van der Waals surface area contributed by atoms with Gasteiger partial charge < -0.3 is 24.6 Å². The topological polar surface area (TPSA) is 85.7 Å². The summed E-state index contributed by atoms with van der Waals surface area (Å²) in [5, 5.41) is 13.0. The second kappa shape index (κ2) is 10.0. The van der Waals surface area contributed by atoms with Crippen LogP contribution in [0.3, 0.4) is 0 Å². The number of halogens is 3. The number of methoxy groups -OCH3 is 3. The fourth-order valence-corrected chi connectivity index (χ4v) is 3.18. The van der Waals surface area contributed by atoms with Crippen molar-refractivity contribution in [2.75, 3.05) is 26.6 Å². The molecule has 7 nitrogen and oxygen atoms in total. The van der Waals surface area contributed by atoms with E-state index in [1.807, 2.05) is 0 Å². The molecule has 1 unspecified atom stereocenters. The maximum Gasteiger partial charge on any atom is 0.418 e. The molecule has 0 bridgehead atoms. The minimum Gasteiger partial charge on any atom is -0.496 e. The number of alkyl halides is 3. The zero-order chi connectivity index (χ0) is 23.3. The van der Waals surface area contributed by atoms with E-state index in [9.17, 15) is 18.3 Å². The van der Waals surface area contributed by atoms with Crippen LogP contribution in [0.1, 0.15) is 44.1 Å². The summed E-state index contributed by atoms with van der Waals surface area (Å²) in [6.45, 7) is 5.82. The van der Waals surface area contributed by atoms with Gasteiger partial charge in [0.2, 0.25) is 0 Å². The first-order chi connectivity index (χ1) is 14.6. The van der Waals surface area contributed by atoms with Crippen LogP contribution in [-0.2, 0) is 0 Å². The monoisotopic (exact) mass is 443 g/mol. The second-order valence-electron chi connectivity index (χ2n) is 6.92. The molecule has 1 aromatic heterocycles. The Hall–Kier alpha value is -2.75. The number of anilines is 1. The lowest BCUT2D eigenvalue weighted by Gasteiger charge is -2.21. The normalized spacial score (nSPS) is 12.6. The van der Waals surface area contributed by atoms with Crippen molar-refractivity contribution in [3.8, 4) is 28.6 Å². The van der Waals surface area contributed by atoms with E-state index < -0.39 is 17.8 Å². The van der Waals surface area contributed by atoms with Gasteiger partial charge in [0.1, 0.15) is 17.2 Å². The van der Waals surface area contributed by atoms with E-state index in [4.69, 9.17) is 14.2 Å². The summed E-state index contributed by atoms with van der Waals surface area (Å²) in [5.74, 6) is 0.811. The van der Waals surface area contributed by atoms with Gasteiger partial charge in [0.25, 0.3) is 5.88 Å². The number of nitrogens with zero attached hydrogens (tertiary/aromatic N) is 2. The summed E-state index contributed by atoms with van der Waals surface area (Å²) in [6.07, 6.45) is -5.75. The fourth-order valence-electron chi connectivity index (χ4n) is 3.18. The number of aromatic nitrogens is 2. The van der Waals surface area contributed by atoms with Gasteiger partial charge in [-0.3, -0.25) is 0 Å². The van der Waals surface area contributed by atoms with Crippen LogP contribution in [-0.4, -0.2) is 48.6 Å². The molecule has 2 N–H and O–H groups in total. The molecule has 0 aliphatic carbocycles. The minimum absolute atomic E-state index is 0.0535. The van der Waals surface area contributed by atoms with Crippen molar-refractivity contribution in [1.82, 2.24) is 9.97 Å². The molecule has 1 heterocycles. The number of aryl methyl sites for hydroxylation is 1. The summed E-state index contributed by atoms with van der Waals surface area (Å²) in [4.78, 5) is 9.10. The highest BCUT2D eigenvalue weighted by molar-refractivity contribution is 5.77. The van der Waals surface area contributed by atoms with E-state index in [1.165, 1.54) is 21.3 Å².